The minimum atomic E-state index is -1.19. The maximum atomic E-state index is 13.5. The molecule has 238 valence electrons. The first-order valence-corrected chi connectivity index (χ1v) is 14.5. The standard InChI is InChI=1S/C27H49N9O6/c1-4-16(2)22(36-25(39)21(35-23(37)17(3)30)13-18-14-31-15-32-18)26(40)33-19(9-5-7-11-28)24(38)34-20(27(41)42)10-6-8-12-29/h14-17,19-22H,4-13,28-30H2,1-3H3,(H,31,32)(H,33,40)(H,34,38)(H,35,37)(H,36,39)(H,41,42)/t16-,17-,19-,20-,21-,22-/m0/s1. The van der Waals surface area contributed by atoms with E-state index in [0.717, 1.165) is 0 Å². The third-order valence-corrected chi connectivity index (χ3v) is 6.96. The van der Waals surface area contributed by atoms with E-state index >= 15 is 0 Å². The van der Waals surface area contributed by atoms with Gasteiger partial charge in [0.15, 0.2) is 0 Å². The Morgan fingerprint density at radius 3 is 1.88 bits per heavy atom. The molecule has 0 aliphatic rings. The highest BCUT2D eigenvalue weighted by atomic mass is 16.4. The summed E-state index contributed by atoms with van der Waals surface area (Å²) in [6.07, 6.45) is 6.19. The summed E-state index contributed by atoms with van der Waals surface area (Å²) < 4.78 is 0. The third-order valence-electron chi connectivity index (χ3n) is 6.96. The van der Waals surface area contributed by atoms with Crippen LogP contribution in [0.1, 0.15) is 71.4 Å². The number of nitrogens with one attached hydrogen (secondary N) is 5. The van der Waals surface area contributed by atoms with Crippen molar-refractivity contribution in [1.29, 1.82) is 0 Å². The first-order valence-electron chi connectivity index (χ1n) is 14.5. The van der Waals surface area contributed by atoms with Gasteiger partial charge in [-0.15, -0.1) is 0 Å². The van der Waals surface area contributed by atoms with E-state index in [9.17, 15) is 29.1 Å². The zero-order chi connectivity index (χ0) is 31.7. The topological polar surface area (TPSA) is 260 Å². The largest absolute Gasteiger partial charge is 0.480 e. The lowest BCUT2D eigenvalue weighted by atomic mass is 9.96. The lowest BCUT2D eigenvalue weighted by Gasteiger charge is -2.29. The first kappa shape index (κ1) is 36.5. The molecular formula is C27H49N9O6. The predicted molar refractivity (Wildman–Crippen MR) is 157 cm³/mol. The van der Waals surface area contributed by atoms with Gasteiger partial charge in [-0.1, -0.05) is 20.3 Å². The summed E-state index contributed by atoms with van der Waals surface area (Å²) >= 11 is 0. The second-order valence-electron chi connectivity index (χ2n) is 10.5. The van der Waals surface area contributed by atoms with Gasteiger partial charge in [-0.2, -0.15) is 0 Å². The molecule has 15 nitrogen and oxygen atoms in total. The van der Waals surface area contributed by atoms with E-state index in [4.69, 9.17) is 17.2 Å². The summed E-state index contributed by atoms with van der Waals surface area (Å²) in [5.74, 6) is -3.95. The van der Waals surface area contributed by atoms with Gasteiger partial charge < -0.3 is 48.6 Å². The van der Waals surface area contributed by atoms with Crippen LogP contribution < -0.4 is 38.5 Å². The molecule has 0 aliphatic heterocycles. The Labute approximate surface area is 246 Å². The Morgan fingerprint density at radius 2 is 1.38 bits per heavy atom. The molecule has 0 fully saturated rings. The van der Waals surface area contributed by atoms with Crippen molar-refractivity contribution in [3.05, 3.63) is 18.2 Å². The van der Waals surface area contributed by atoms with Crippen molar-refractivity contribution in [1.82, 2.24) is 31.2 Å². The molecular weight excluding hydrogens is 546 g/mol. The van der Waals surface area contributed by atoms with Gasteiger partial charge in [0, 0.05) is 18.3 Å². The number of aromatic nitrogens is 2. The Hall–Kier alpha value is -3.56. The summed E-state index contributed by atoms with van der Waals surface area (Å²) in [5.41, 5.74) is 17.4. The summed E-state index contributed by atoms with van der Waals surface area (Å²) in [7, 11) is 0. The number of rotatable bonds is 21. The van der Waals surface area contributed by atoms with Crippen molar-refractivity contribution in [2.45, 2.75) is 102 Å². The number of unbranched alkanes of at least 4 members (excludes halogenated alkanes) is 2. The first-order chi connectivity index (χ1) is 19.9. The molecule has 0 spiro atoms. The fraction of sp³-hybridized carbons (Fsp3) is 0.704. The maximum Gasteiger partial charge on any atom is 0.326 e. The molecule has 1 rings (SSSR count). The van der Waals surface area contributed by atoms with Crippen molar-refractivity contribution in [3.63, 3.8) is 0 Å². The van der Waals surface area contributed by atoms with E-state index in [-0.39, 0.29) is 25.2 Å². The van der Waals surface area contributed by atoms with Crippen LogP contribution in [0.25, 0.3) is 0 Å². The van der Waals surface area contributed by atoms with Crippen LogP contribution in [-0.4, -0.2) is 88.0 Å². The zero-order valence-corrected chi connectivity index (χ0v) is 24.9. The number of nitrogens with zero attached hydrogens (tertiary/aromatic N) is 1. The summed E-state index contributed by atoms with van der Waals surface area (Å²) in [4.78, 5) is 71.0. The van der Waals surface area contributed by atoms with E-state index in [0.29, 0.717) is 50.9 Å². The van der Waals surface area contributed by atoms with E-state index in [1.54, 1.807) is 6.92 Å². The van der Waals surface area contributed by atoms with Crippen molar-refractivity contribution in [2.75, 3.05) is 13.1 Å². The average Bonchev–Trinajstić information content (AvgIpc) is 3.46. The second kappa shape index (κ2) is 19.5. The number of aliphatic carboxylic acids is 1. The SMILES string of the molecule is CC[C@H](C)[C@H](NC(=O)[C@H](Cc1cnc[nH]1)NC(=O)[C@H](C)N)C(=O)N[C@@H](CCCCN)C(=O)N[C@@H](CCCCN)C(=O)O. The highest BCUT2D eigenvalue weighted by Gasteiger charge is 2.33. The fourth-order valence-corrected chi connectivity index (χ4v) is 4.13. The molecule has 15 heteroatoms. The lowest BCUT2D eigenvalue weighted by Crippen LogP contribution is -2.60. The number of hydrogen-bond donors (Lipinski definition) is 9. The lowest BCUT2D eigenvalue weighted by molar-refractivity contribution is -0.142. The van der Waals surface area contributed by atoms with Crippen molar-refractivity contribution < 1.29 is 29.1 Å². The molecule has 1 heterocycles. The number of hydrogen-bond acceptors (Lipinski definition) is 9. The summed E-state index contributed by atoms with van der Waals surface area (Å²) in [6, 6.07) is -5.17. The van der Waals surface area contributed by atoms with Gasteiger partial charge in [0.05, 0.1) is 12.4 Å². The van der Waals surface area contributed by atoms with Crippen LogP contribution in [0.4, 0.5) is 0 Å². The van der Waals surface area contributed by atoms with E-state index in [1.807, 2.05) is 6.92 Å². The molecule has 12 N–H and O–H groups in total. The molecule has 0 radical (unpaired) electrons. The smallest absolute Gasteiger partial charge is 0.326 e. The Kier molecular flexibility index (Phi) is 17.0. The quantitative estimate of drug-likeness (QED) is 0.0753. The van der Waals surface area contributed by atoms with Gasteiger partial charge in [0.1, 0.15) is 24.2 Å². The molecule has 1 aromatic heterocycles. The maximum absolute atomic E-state index is 13.5. The molecule has 42 heavy (non-hydrogen) atoms. The van der Waals surface area contributed by atoms with Gasteiger partial charge in [-0.05, 0) is 64.5 Å². The van der Waals surface area contributed by atoms with Crippen LogP contribution in [0.2, 0.25) is 0 Å². The second-order valence-corrected chi connectivity index (χ2v) is 10.5. The zero-order valence-electron chi connectivity index (χ0n) is 24.9. The number of carboxylic acids is 1. The number of nitrogens with two attached hydrogens (primary N) is 3. The van der Waals surface area contributed by atoms with Crippen LogP contribution >= 0.6 is 0 Å². The minimum absolute atomic E-state index is 0.0734. The molecule has 0 saturated heterocycles. The monoisotopic (exact) mass is 595 g/mol. The number of H-pyrrole nitrogens is 1. The minimum Gasteiger partial charge on any atom is -0.480 e. The Bertz CT molecular complexity index is 989. The van der Waals surface area contributed by atoms with Gasteiger partial charge >= 0.3 is 5.97 Å². The number of carboxylic acid groups (broad SMARTS) is 1. The van der Waals surface area contributed by atoms with Crippen LogP contribution in [0.3, 0.4) is 0 Å². The normalized spacial score (nSPS) is 15.4. The van der Waals surface area contributed by atoms with E-state index < -0.39 is 59.8 Å². The number of carbonyl (C=O) groups is 5. The average molecular weight is 596 g/mol. The Morgan fingerprint density at radius 1 is 0.833 bits per heavy atom. The van der Waals surface area contributed by atoms with Crippen molar-refractivity contribution >= 4 is 29.6 Å². The third kappa shape index (κ3) is 13.0. The van der Waals surface area contributed by atoms with Gasteiger partial charge in [0.2, 0.25) is 23.6 Å². The number of imidazole rings is 1. The fourth-order valence-electron chi connectivity index (χ4n) is 4.13. The molecule has 0 unspecified atom stereocenters. The highest BCUT2D eigenvalue weighted by Crippen LogP contribution is 2.12. The number of amides is 4. The predicted octanol–water partition coefficient (Wildman–Crippen LogP) is -1.37. The van der Waals surface area contributed by atoms with Crippen LogP contribution in [0.5, 0.6) is 0 Å². The van der Waals surface area contributed by atoms with Crippen molar-refractivity contribution in [3.8, 4) is 0 Å². The van der Waals surface area contributed by atoms with E-state index in [1.165, 1.54) is 19.4 Å². The van der Waals surface area contributed by atoms with E-state index in [2.05, 4.69) is 31.2 Å². The molecule has 0 bridgehead atoms. The Balaban J connectivity index is 3.13. The molecule has 6 atom stereocenters. The molecule has 1 aromatic rings. The molecule has 4 amide bonds. The summed E-state index contributed by atoms with van der Waals surface area (Å²) in [6.45, 7) is 5.89. The van der Waals surface area contributed by atoms with Gasteiger partial charge in [-0.3, -0.25) is 19.2 Å². The van der Waals surface area contributed by atoms with Gasteiger partial charge in [-0.25, -0.2) is 9.78 Å². The molecule has 0 aromatic carbocycles. The molecule has 0 saturated carbocycles. The highest BCUT2D eigenvalue weighted by molar-refractivity contribution is 5.95. The number of carbonyl (C=O) groups excluding carboxylic acids is 4. The van der Waals surface area contributed by atoms with Gasteiger partial charge in [0.25, 0.3) is 0 Å². The van der Waals surface area contributed by atoms with Crippen LogP contribution in [-0.2, 0) is 30.4 Å². The number of aromatic amines is 1. The van der Waals surface area contributed by atoms with Crippen LogP contribution in [0, 0.1) is 5.92 Å². The van der Waals surface area contributed by atoms with Crippen molar-refractivity contribution in [2.24, 2.45) is 23.1 Å². The molecule has 0 aliphatic carbocycles. The summed E-state index contributed by atoms with van der Waals surface area (Å²) in [5, 5.41) is 20.2. The van der Waals surface area contributed by atoms with Crippen LogP contribution in [0.15, 0.2) is 12.5 Å².